The number of anilines is 1. The van der Waals surface area contributed by atoms with Crippen molar-refractivity contribution in [2.45, 2.75) is 25.1 Å². The second kappa shape index (κ2) is 6.78. The Labute approximate surface area is 135 Å². The van der Waals surface area contributed by atoms with Crippen LogP contribution in [-0.4, -0.2) is 42.0 Å². The van der Waals surface area contributed by atoms with Crippen molar-refractivity contribution in [2.24, 2.45) is 0 Å². The number of hydrogen-bond acceptors (Lipinski definition) is 4. The minimum atomic E-state index is -4.43. The van der Waals surface area contributed by atoms with Gasteiger partial charge in [-0.1, -0.05) is 0 Å². The van der Waals surface area contributed by atoms with Crippen LogP contribution in [0.3, 0.4) is 0 Å². The number of nitrogens with zero attached hydrogens (tertiary/aromatic N) is 1. The summed E-state index contributed by atoms with van der Waals surface area (Å²) in [5.74, 6) is -0.259. The van der Waals surface area contributed by atoms with Gasteiger partial charge < -0.3 is 14.8 Å². The summed E-state index contributed by atoms with van der Waals surface area (Å²) in [6.07, 6.45) is -2.52. The van der Waals surface area contributed by atoms with Crippen LogP contribution in [0.5, 0.6) is 0 Å². The number of carbonyl (C=O) groups is 1. The summed E-state index contributed by atoms with van der Waals surface area (Å²) in [7, 11) is 0. The van der Waals surface area contributed by atoms with Crippen LogP contribution in [0.4, 0.5) is 19.0 Å². The van der Waals surface area contributed by atoms with Gasteiger partial charge in [0.25, 0.3) is 5.91 Å². The van der Waals surface area contributed by atoms with E-state index in [4.69, 9.17) is 9.47 Å². The molecule has 0 spiro atoms. The van der Waals surface area contributed by atoms with Gasteiger partial charge in [0.15, 0.2) is 5.82 Å². The largest absolute Gasteiger partial charge is 0.416 e. The molecule has 1 fully saturated rings. The van der Waals surface area contributed by atoms with E-state index < -0.39 is 17.6 Å². The molecular formula is C15H16F3N3O3. The molecule has 1 saturated heterocycles. The molecule has 3 rings (SSSR count). The standard InChI is InChI=1S/C15H16F3N3O3/c16-15(17,18)9-3-4-11-12(6-9)20-21-14(11)19-13(22)8-23-7-10-2-1-5-24-10/h3-4,6,10H,1-2,5,7-8H2,(H2,19,20,21,22). The lowest BCUT2D eigenvalue weighted by Gasteiger charge is -2.09. The number of rotatable bonds is 5. The Balaban J connectivity index is 1.59. The molecule has 2 heterocycles. The highest BCUT2D eigenvalue weighted by Crippen LogP contribution is 2.32. The first-order chi connectivity index (χ1) is 11.4. The molecule has 2 aromatic rings. The molecular weight excluding hydrogens is 327 g/mol. The zero-order chi connectivity index (χ0) is 17.2. The number of H-pyrrole nitrogens is 1. The molecule has 1 unspecified atom stereocenters. The van der Waals surface area contributed by atoms with Crippen LogP contribution < -0.4 is 5.32 Å². The Morgan fingerprint density at radius 3 is 3.00 bits per heavy atom. The van der Waals surface area contributed by atoms with Gasteiger partial charge in [0.1, 0.15) is 6.61 Å². The molecule has 0 aliphatic carbocycles. The number of aromatic nitrogens is 2. The summed E-state index contributed by atoms with van der Waals surface area (Å²) in [6, 6.07) is 3.16. The van der Waals surface area contributed by atoms with E-state index >= 15 is 0 Å². The molecule has 1 aliphatic heterocycles. The van der Waals surface area contributed by atoms with Crippen molar-refractivity contribution in [3.8, 4) is 0 Å². The summed E-state index contributed by atoms with van der Waals surface area (Å²) in [4.78, 5) is 11.8. The number of carbonyl (C=O) groups excluding carboxylic acids is 1. The Bertz CT molecular complexity index is 724. The van der Waals surface area contributed by atoms with Crippen molar-refractivity contribution in [1.82, 2.24) is 10.2 Å². The fourth-order valence-corrected chi connectivity index (χ4v) is 2.52. The zero-order valence-corrected chi connectivity index (χ0v) is 12.7. The Morgan fingerprint density at radius 2 is 2.29 bits per heavy atom. The van der Waals surface area contributed by atoms with Gasteiger partial charge in [-0.25, -0.2) is 0 Å². The van der Waals surface area contributed by atoms with Gasteiger partial charge in [-0.3, -0.25) is 9.89 Å². The Hall–Kier alpha value is -2.13. The van der Waals surface area contributed by atoms with Crippen molar-refractivity contribution >= 4 is 22.6 Å². The van der Waals surface area contributed by atoms with E-state index in [1.54, 1.807) is 0 Å². The SMILES string of the molecule is O=C(COCC1CCCO1)Nc1n[nH]c2cc(C(F)(F)F)ccc12. The highest BCUT2D eigenvalue weighted by atomic mass is 19.4. The number of aromatic amines is 1. The van der Waals surface area contributed by atoms with E-state index in [9.17, 15) is 18.0 Å². The average Bonchev–Trinajstić information content (AvgIpc) is 3.16. The lowest BCUT2D eigenvalue weighted by atomic mass is 10.1. The summed E-state index contributed by atoms with van der Waals surface area (Å²) in [5.41, 5.74) is -0.586. The number of amides is 1. The van der Waals surface area contributed by atoms with Gasteiger partial charge in [-0.2, -0.15) is 18.3 Å². The molecule has 0 bridgehead atoms. The van der Waals surface area contributed by atoms with E-state index in [0.29, 0.717) is 18.6 Å². The summed E-state index contributed by atoms with van der Waals surface area (Å²) in [6.45, 7) is 0.873. The van der Waals surface area contributed by atoms with Crippen LogP contribution in [0.25, 0.3) is 10.9 Å². The van der Waals surface area contributed by atoms with Crippen molar-refractivity contribution in [1.29, 1.82) is 0 Å². The number of halogens is 3. The predicted molar refractivity (Wildman–Crippen MR) is 79.5 cm³/mol. The molecule has 2 N–H and O–H groups in total. The molecule has 1 aromatic carbocycles. The molecule has 0 saturated carbocycles. The number of hydrogen-bond donors (Lipinski definition) is 2. The first kappa shape index (κ1) is 16.7. The molecule has 1 aromatic heterocycles. The van der Waals surface area contributed by atoms with E-state index in [-0.39, 0.29) is 24.0 Å². The fourth-order valence-electron chi connectivity index (χ4n) is 2.52. The number of benzene rings is 1. The van der Waals surface area contributed by atoms with Crippen molar-refractivity contribution in [3.05, 3.63) is 23.8 Å². The topological polar surface area (TPSA) is 76.2 Å². The first-order valence-corrected chi connectivity index (χ1v) is 7.48. The van der Waals surface area contributed by atoms with E-state index in [0.717, 1.165) is 25.0 Å². The summed E-state index contributed by atoms with van der Waals surface area (Å²) in [5, 5.41) is 9.24. The van der Waals surface area contributed by atoms with Crippen LogP contribution in [0.15, 0.2) is 18.2 Å². The monoisotopic (exact) mass is 343 g/mol. The average molecular weight is 343 g/mol. The zero-order valence-electron chi connectivity index (χ0n) is 12.7. The lowest BCUT2D eigenvalue weighted by Crippen LogP contribution is -2.22. The van der Waals surface area contributed by atoms with Gasteiger partial charge >= 0.3 is 6.18 Å². The maximum absolute atomic E-state index is 12.7. The van der Waals surface area contributed by atoms with Gasteiger partial charge in [0, 0.05) is 12.0 Å². The van der Waals surface area contributed by atoms with Crippen molar-refractivity contribution in [2.75, 3.05) is 25.1 Å². The molecule has 130 valence electrons. The minimum Gasteiger partial charge on any atom is -0.376 e. The molecule has 1 aliphatic rings. The second-order valence-electron chi connectivity index (χ2n) is 5.53. The van der Waals surface area contributed by atoms with Crippen LogP contribution in [0.2, 0.25) is 0 Å². The third-order valence-corrected chi connectivity index (χ3v) is 3.71. The first-order valence-electron chi connectivity index (χ1n) is 7.48. The molecule has 1 atom stereocenters. The molecule has 0 radical (unpaired) electrons. The number of alkyl halides is 3. The number of ether oxygens (including phenoxy) is 2. The number of fused-ring (bicyclic) bond motifs is 1. The second-order valence-corrected chi connectivity index (χ2v) is 5.53. The highest BCUT2D eigenvalue weighted by molar-refractivity contribution is 6.00. The molecule has 6 nitrogen and oxygen atoms in total. The smallest absolute Gasteiger partial charge is 0.376 e. The van der Waals surface area contributed by atoms with E-state index in [2.05, 4.69) is 15.5 Å². The Kier molecular flexibility index (Phi) is 4.72. The minimum absolute atomic E-state index is 0.0183. The Morgan fingerprint density at radius 1 is 1.46 bits per heavy atom. The van der Waals surface area contributed by atoms with Gasteiger partial charge in [-0.05, 0) is 31.0 Å². The van der Waals surface area contributed by atoms with Crippen LogP contribution in [-0.2, 0) is 20.4 Å². The molecule has 24 heavy (non-hydrogen) atoms. The third kappa shape index (κ3) is 3.85. The maximum Gasteiger partial charge on any atom is 0.416 e. The van der Waals surface area contributed by atoms with Gasteiger partial charge in [0.05, 0.1) is 23.8 Å². The highest BCUT2D eigenvalue weighted by Gasteiger charge is 2.30. The fraction of sp³-hybridized carbons (Fsp3) is 0.467. The lowest BCUT2D eigenvalue weighted by molar-refractivity contribution is -0.137. The molecule has 9 heteroatoms. The predicted octanol–water partition coefficient (Wildman–Crippen LogP) is 2.72. The van der Waals surface area contributed by atoms with E-state index in [1.165, 1.54) is 6.07 Å². The van der Waals surface area contributed by atoms with E-state index in [1.807, 2.05) is 0 Å². The van der Waals surface area contributed by atoms with Gasteiger partial charge in [-0.15, -0.1) is 0 Å². The van der Waals surface area contributed by atoms with Crippen molar-refractivity contribution < 1.29 is 27.4 Å². The normalized spacial score (nSPS) is 18.2. The maximum atomic E-state index is 12.7. The number of nitrogens with one attached hydrogen (secondary N) is 2. The molecule has 1 amide bonds. The van der Waals surface area contributed by atoms with Gasteiger partial charge in [0.2, 0.25) is 0 Å². The van der Waals surface area contributed by atoms with Crippen LogP contribution in [0, 0.1) is 0 Å². The van der Waals surface area contributed by atoms with Crippen LogP contribution >= 0.6 is 0 Å². The summed E-state index contributed by atoms with van der Waals surface area (Å²) >= 11 is 0. The van der Waals surface area contributed by atoms with Crippen LogP contribution in [0.1, 0.15) is 18.4 Å². The summed E-state index contributed by atoms with van der Waals surface area (Å²) < 4.78 is 48.7. The third-order valence-electron chi connectivity index (χ3n) is 3.71. The quantitative estimate of drug-likeness (QED) is 0.875. The van der Waals surface area contributed by atoms with Crippen molar-refractivity contribution in [3.63, 3.8) is 0 Å².